The molecule has 2 aromatic rings. The number of nitrogens with zero attached hydrogens (tertiary/aromatic N) is 3. The maximum Gasteiger partial charge on any atom is 0.295 e. The van der Waals surface area contributed by atoms with E-state index < -0.39 is 17.7 Å². The van der Waals surface area contributed by atoms with Gasteiger partial charge in [0.25, 0.3) is 11.7 Å². The molecule has 0 spiro atoms. The van der Waals surface area contributed by atoms with Crippen LogP contribution < -0.4 is 4.74 Å². The minimum absolute atomic E-state index is 0.0929. The third kappa shape index (κ3) is 5.99. The molecule has 1 N–H and O–H groups in total. The number of carbonyl (C=O) groups is 2. The molecule has 0 radical (unpaired) electrons. The quantitative estimate of drug-likeness (QED) is 0.335. The van der Waals surface area contributed by atoms with Crippen molar-refractivity contribution in [2.45, 2.75) is 32.7 Å². The Labute approximate surface area is 195 Å². The highest BCUT2D eigenvalue weighted by Gasteiger charge is 2.45. The first-order chi connectivity index (χ1) is 15.8. The van der Waals surface area contributed by atoms with E-state index >= 15 is 0 Å². The number of Topliss-reactive ketones (excluding diaryl/α,β-unsaturated/α-hetero) is 1. The lowest BCUT2D eigenvalue weighted by atomic mass is 9.95. The number of pyridine rings is 1. The van der Waals surface area contributed by atoms with Crippen molar-refractivity contribution in [3.8, 4) is 5.75 Å². The number of rotatable bonds is 10. The third-order valence-corrected chi connectivity index (χ3v) is 5.64. The maximum absolute atomic E-state index is 13.1. The monoisotopic (exact) mass is 451 g/mol. The SMILES string of the molecule is CC(C)CCOc1cccc(C2/C(=C(\O)c3ccncc3)C(=O)C(=O)N2CCCN(C)C)c1. The average molecular weight is 452 g/mol. The van der Waals surface area contributed by atoms with Gasteiger partial charge in [0.15, 0.2) is 0 Å². The van der Waals surface area contributed by atoms with Crippen LogP contribution in [-0.2, 0) is 9.59 Å². The Morgan fingerprint density at radius 2 is 1.91 bits per heavy atom. The summed E-state index contributed by atoms with van der Waals surface area (Å²) in [6.07, 6.45) is 4.71. The molecule has 0 bridgehead atoms. The molecule has 0 saturated carbocycles. The van der Waals surface area contributed by atoms with Gasteiger partial charge < -0.3 is 19.6 Å². The van der Waals surface area contributed by atoms with Crippen LogP contribution in [0.25, 0.3) is 5.76 Å². The number of hydrogen-bond acceptors (Lipinski definition) is 6. The highest BCUT2D eigenvalue weighted by molar-refractivity contribution is 6.46. The summed E-state index contributed by atoms with van der Waals surface area (Å²) < 4.78 is 5.92. The lowest BCUT2D eigenvalue weighted by Crippen LogP contribution is -2.32. The van der Waals surface area contributed by atoms with Crippen molar-refractivity contribution in [1.82, 2.24) is 14.8 Å². The van der Waals surface area contributed by atoms with Gasteiger partial charge in [0.1, 0.15) is 11.5 Å². The van der Waals surface area contributed by atoms with Gasteiger partial charge in [0, 0.05) is 24.5 Å². The fraction of sp³-hybridized carbons (Fsp3) is 0.423. The van der Waals surface area contributed by atoms with E-state index in [1.807, 2.05) is 43.3 Å². The second kappa shape index (κ2) is 11.1. The first-order valence-corrected chi connectivity index (χ1v) is 11.4. The van der Waals surface area contributed by atoms with Crippen molar-refractivity contribution in [1.29, 1.82) is 0 Å². The number of likely N-dealkylation sites (tertiary alicyclic amines) is 1. The van der Waals surface area contributed by atoms with Crippen molar-refractivity contribution in [3.63, 3.8) is 0 Å². The summed E-state index contributed by atoms with van der Waals surface area (Å²) in [5.41, 5.74) is 1.28. The van der Waals surface area contributed by atoms with E-state index in [9.17, 15) is 14.7 Å². The number of aromatic nitrogens is 1. The van der Waals surface area contributed by atoms with Crippen molar-refractivity contribution in [2.75, 3.05) is 33.8 Å². The van der Waals surface area contributed by atoms with E-state index in [2.05, 4.69) is 18.8 Å². The molecule has 1 aliphatic heterocycles. The van der Waals surface area contributed by atoms with Gasteiger partial charge in [-0.2, -0.15) is 0 Å². The van der Waals surface area contributed by atoms with Crippen LogP contribution >= 0.6 is 0 Å². The van der Waals surface area contributed by atoms with Gasteiger partial charge in [0.2, 0.25) is 0 Å². The molecule has 0 aliphatic carbocycles. The largest absolute Gasteiger partial charge is 0.507 e. The van der Waals surface area contributed by atoms with E-state index in [1.54, 1.807) is 29.4 Å². The van der Waals surface area contributed by atoms with Gasteiger partial charge in [0.05, 0.1) is 18.2 Å². The van der Waals surface area contributed by atoms with Gasteiger partial charge in [-0.1, -0.05) is 26.0 Å². The zero-order valence-corrected chi connectivity index (χ0v) is 19.8. The predicted octanol–water partition coefficient (Wildman–Crippen LogP) is 3.88. The fourth-order valence-electron chi connectivity index (χ4n) is 3.87. The molecule has 1 saturated heterocycles. The van der Waals surface area contributed by atoms with E-state index in [1.165, 1.54) is 0 Å². The van der Waals surface area contributed by atoms with Crippen LogP contribution in [0.4, 0.5) is 0 Å². The summed E-state index contributed by atoms with van der Waals surface area (Å²) >= 11 is 0. The predicted molar refractivity (Wildman–Crippen MR) is 128 cm³/mol. The van der Waals surface area contributed by atoms with Crippen molar-refractivity contribution < 1.29 is 19.4 Å². The summed E-state index contributed by atoms with van der Waals surface area (Å²) in [4.78, 5) is 33.7. The topological polar surface area (TPSA) is 83.0 Å². The highest BCUT2D eigenvalue weighted by Crippen LogP contribution is 2.40. The Bertz CT molecular complexity index is 1000. The molecule has 1 fully saturated rings. The first-order valence-electron chi connectivity index (χ1n) is 11.4. The van der Waals surface area contributed by atoms with Crippen molar-refractivity contribution in [3.05, 3.63) is 65.5 Å². The number of benzene rings is 1. The Morgan fingerprint density at radius 3 is 2.58 bits per heavy atom. The number of hydrogen-bond donors (Lipinski definition) is 1. The van der Waals surface area contributed by atoms with E-state index in [4.69, 9.17) is 4.74 Å². The van der Waals surface area contributed by atoms with Gasteiger partial charge in [-0.3, -0.25) is 14.6 Å². The van der Waals surface area contributed by atoms with E-state index in [-0.39, 0.29) is 11.3 Å². The molecule has 7 nitrogen and oxygen atoms in total. The van der Waals surface area contributed by atoms with Crippen LogP contribution in [0.1, 0.15) is 43.9 Å². The summed E-state index contributed by atoms with van der Waals surface area (Å²) in [7, 11) is 3.93. The molecule has 7 heteroatoms. The molecular weight excluding hydrogens is 418 g/mol. The van der Waals surface area contributed by atoms with Crippen LogP contribution in [-0.4, -0.2) is 65.4 Å². The highest BCUT2D eigenvalue weighted by atomic mass is 16.5. The van der Waals surface area contributed by atoms with Crippen LogP contribution in [0.15, 0.2) is 54.4 Å². The van der Waals surface area contributed by atoms with Crippen LogP contribution in [0.2, 0.25) is 0 Å². The fourth-order valence-corrected chi connectivity index (χ4v) is 3.87. The number of amides is 1. The lowest BCUT2D eigenvalue weighted by Gasteiger charge is -2.26. The first kappa shape index (κ1) is 24.5. The Kier molecular flexibility index (Phi) is 8.22. The summed E-state index contributed by atoms with van der Waals surface area (Å²) in [5, 5.41) is 11.1. The minimum atomic E-state index is -0.686. The smallest absolute Gasteiger partial charge is 0.295 e. The molecule has 176 valence electrons. The molecule has 3 rings (SSSR count). The lowest BCUT2D eigenvalue weighted by molar-refractivity contribution is -0.139. The van der Waals surface area contributed by atoms with E-state index in [0.717, 1.165) is 18.5 Å². The molecule has 1 aromatic carbocycles. The molecular formula is C26H33N3O4. The van der Waals surface area contributed by atoms with Crippen molar-refractivity contribution >= 4 is 17.4 Å². The number of aliphatic hydroxyl groups is 1. The number of ketones is 1. The average Bonchev–Trinajstić information content (AvgIpc) is 3.04. The molecule has 1 unspecified atom stereocenters. The molecule has 33 heavy (non-hydrogen) atoms. The van der Waals surface area contributed by atoms with Gasteiger partial charge in [-0.15, -0.1) is 0 Å². The normalized spacial score (nSPS) is 17.9. The van der Waals surface area contributed by atoms with Crippen LogP contribution in [0.3, 0.4) is 0 Å². The molecule has 1 aliphatic rings. The zero-order valence-electron chi connectivity index (χ0n) is 19.8. The van der Waals surface area contributed by atoms with Crippen LogP contribution in [0.5, 0.6) is 5.75 Å². The number of ether oxygens (including phenoxy) is 1. The third-order valence-electron chi connectivity index (χ3n) is 5.64. The summed E-state index contributed by atoms with van der Waals surface area (Å²) in [6, 6.07) is 10.0. The summed E-state index contributed by atoms with van der Waals surface area (Å²) in [6.45, 7) is 6.04. The minimum Gasteiger partial charge on any atom is -0.507 e. The standard InChI is InChI=1S/C26H33N3O4/c1-18(2)11-16-33-21-8-5-7-20(17-21)23-22(24(30)19-9-12-27-13-10-19)25(31)26(32)29(23)15-6-14-28(3)4/h5,7-10,12-13,17-18,23,30H,6,11,14-16H2,1-4H3/b24-22+. The summed E-state index contributed by atoms with van der Waals surface area (Å²) in [5.74, 6) is -0.263. The molecule has 1 aromatic heterocycles. The van der Waals surface area contributed by atoms with Crippen LogP contribution in [0, 0.1) is 5.92 Å². The maximum atomic E-state index is 13.1. The Hall–Kier alpha value is -3.19. The number of aliphatic hydroxyl groups excluding tert-OH is 1. The molecule has 2 heterocycles. The molecule has 1 atom stereocenters. The van der Waals surface area contributed by atoms with Gasteiger partial charge in [-0.25, -0.2) is 0 Å². The van der Waals surface area contributed by atoms with Gasteiger partial charge >= 0.3 is 0 Å². The number of carbonyl (C=O) groups excluding carboxylic acids is 2. The Morgan fingerprint density at radius 1 is 1.18 bits per heavy atom. The van der Waals surface area contributed by atoms with E-state index in [0.29, 0.717) is 36.8 Å². The van der Waals surface area contributed by atoms with Gasteiger partial charge in [-0.05, 0) is 69.2 Å². The second-order valence-electron chi connectivity index (χ2n) is 8.99. The molecule has 1 amide bonds. The second-order valence-corrected chi connectivity index (χ2v) is 8.99. The Balaban J connectivity index is 2.01. The zero-order chi connectivity index (χ0) is 24.0. The van der Waals surface area contributed by atoms with Crippen molar-refractivity contribution in [2.24, 2.45) is 5.92 Å².